The Kier molecular flexibility index (Phi) is 8.24. The third-order valence-corrected chi connectivity index (χ3v) is 6.92. The Morgan fingerprint density at radius 3 is 2.58 bits per heavy atom. The first-order valence-electron chi connectivity index (χ1n) is 12.0. The molecule has 1 aliphatic heterocycles. The van der Waals surface area contributed by atoms with Gasteiger partial charge in [0.05, 0.1) is 23.2 Å². The van der Waals surface area contributed by atoms with Gasteiger partial charge in [0.25, 0.3) is 5.91 Å². The number of aliphatic hydroxyl groups excluding tert-OH is 1. The van der Waals surface area contributed by atoms with Crippen LogP contribution in [-0.2, 0) is 12.7 Å². The smallest absolute Gasteiger partial charge is 0.377 e. The van der Waals surface area contributed by atoms with Gasteiger partial charge in [0.2, 0.25) is 0 Å². The van der Waals surface area contributed by atoms with Crippen LogP contribution in [0.1, 0.15) is 40.2 Å². The van der Waals surface area contributed by atoms with E-state index in [-0.39, 0.29) is 18.4 Å². The van der Waals surface area contributed by atoms with Crippen LogP contribution in [0.4, 0.5) is 13.2 Å². The molecule has 1 saturated heterocycles. The predicted molar refractivity (Wildman–Crippen MR) is 134 cm³/mol. The van der Waals surface area contributed by atoms with Crippen molar-refractivity contribution < 1.29 is 23.1 Å². The topological polar surface area (TPSA) is 69.5 Å². The van der Waals surface area contributed by atoms with E-state index in [1.807, 2.05) is 7.05 Å². The van der Waals surface area contributed by atoms with Gasteiger partial charge in [0, 0.05) is 42.8 Å². The molecule has 36 heavy (non-hydrogen) atoms. The quantitative estimate of drug-likeness (QED) is 0.302. The van der Waals surface area contributed by atoms with E-state index in [2.05, 4.69) is 10.6 Å². The lowest BCUT2D eigenvalue weighted by Crippen LogP contribution is -2.38. The second-order valence-corrected chi connectivity index (χ2v) is 9.52. The highest BCUT2D eigenvalue weighted by atomic mass is 35.5. The second-order valence-electron chi connectivity index (χ2n) is 9.08. The third-order valence-electron chi connectivity index (χ3n) is 6.69. The number of aliphatic hydroxyl groups is 1. The summed E-state index contributed by atoms with van der Waals surface area (Å²) >= 11 is 6.21. The fourth-order valence-electron chi connectivity index (χ4n) is 4.88. The molecule has 0 aliphatic carbocycles. The monoisotopic (exact) mass is 522 g/mol. The number of carbonyl (C=O) groups excluding carboxylic acids is 1. The molecular formula is C26H30ClF3N4O2. The molecule has 1 aliphatic rings. The minimum atomic E-state index is -4.40. The largest absolute Gasteiger partial charge is 0.416 e. The van der Waals surface area contributed by atoms with Gasteiger partial charge in [-0.25, -0.2) is 0 Å². The van der Waals surface area contributed by atoms with Crippen molar-refractivity contribution in [2.24, 2.45) is 0 Å². The van der Waals surface area contributed by atoms with E-state index in [0.717, 1.165) is 17.0 Å². The highest BCUT2D eigenvalue weighted by Gasteiger charge is 2.36. The Morgan fingerprint density at radius 1 is 1.17 bits per heavy atom. The number of nitrogens with one attached hydrogen (secondary N) is 2. The number of fused-ring (bicyclic) bond motifs is 1. The standard InChI is InChI=1S/C26H30ClF3N4O2/c1-31-10-11-32-24(35)16-34-15-21(20-7-6-18(27)14-23(20)34)25(36)33-12-8-17(9-13-33)19-4-2-3-5-22(19)26(28,29)30/h2-7,14-15,17,24,31-32,35H,8-13,16H2,1H3. The Morgan fingerprint density at radius 2 is 1.89 bits per heavy atom. The van der Waals surface area contributed by atoms with E-state index in [1.54, 1.807) is 39.9 Å². The zero-order valence-electron chi connectivity index (χ0n) is 20.0. The Hall–Kier alpha value is -2.59. The molecule has 0 bridgehead atoms. The van der Waals surface area contributed by atoms with Crippen LogP contribution in [0.15, 0.2) is 48.7 Å². The van der Waals surface area contributed by atoms with E-state index >= 15 is 0 Å². The maximum atomic E-state index is 13.5. The molecule has 1 aromatic heterocycles. The first kappa shape index (κ1) is 26.5. The molecule has 1 amide bonds. The number of hydrogen-bond donors (Lipinski definition) is 3. The Balaban J connectivity index is 1.51. The highest BCUT2D eigenvalue weighted by molar-refractivity contribution is 6.31. The number of halogens is 4. The molecule has 6 nitrogen and oxygen atoms in total. The number of piperidine rings is 1. The predicted octanol–water partition coefficient (Wildman–Crippen LogP) is 4.46. The van der Waals surface area contributed by atoms with Gasteiger partial charge in [0.15, 0.2) is 0 Å². The van der Waals surface area contributed by atoms with Crippen molar-refractivity contribution >= 4 is 28.4 Å². The number of likely N-dealkylation sites (tertiary alicyclic amines) is 1. The van der Waals surface area contributed by atoms with E-state index < -0.39 is 18.0 Å². The maximum Gasteiger partial charge on any atom is 0.416 e. The SMILES string of the molecule is CNCCNC(O)Cn1cc(C(=O)N2CCC(c3ccccc3C(F)(F)F)CC2)c2ccc(Cl)cc21. The summed E-state index contributed by atoms with van der Waals surface area (Å²) in [4.78, 5) is 15.2. The van der Waals surface area contributed by atoms with Crippen LogP contribution in [0, 0.1) is 0 Å². The molecule has 2 aromatic carbocycles. The van der Waals surface area contributed by atoms with E-state index in [1.165, 1.54) is 12.1 Å². The molecule has 194 valence electrons. The molecule has 0 saturated carbocycles. The molecule has 1 atom stereocenters. The van der Waals surface area contributed by atoms with Gasteiger partial charge in [-0.1, -0.05) is 35.9 Å². The fraction of sp³-hybridized carbons (Fsp3) is 0.423. The van der Waals surface area contributed by atoms with Gasteiger partial charge in [-0.3, -0.25) is 10.1 Å². The lowest BCUT2D eigenvalue weighted by atomic mass is 9.86. The molecule has 0 radical (unpaired) electrons. The average Bonchev–Trinajstić information content (AvgIpc) is 3.20. The normalized spacial score (nSPS) is 16.0. The van der Waals surface area contributed by atoms with Gasteiger partial charge >= 0.3 is 6.18 Å². The maximum absolute atomic E-state index is 13.5. The number of rotatable bonds is 8. The van der Waals surface area contributed by atoms with Crippen molar-refractivity contribution in [2.75, 3.05) is 33.2 Å². The molecule has 10 heteroatoms. The molecular weight excluding hydrogens is 493 g/mol. The van der Waals surface area contributed by atoms with Crippen molar-refractivity contribution in [3.05, 3.63) is 70.4 Å². The third kappa shape index (κ3) is 5.86. The number of alkyl halides is 3. The van der Waals surface area contributed by atoms with E-state index in [4.69, 9.17) is 11.6 Å². The number of amides is 1. The van der Waals surface area contributed by atoms with Crippen LogP contribution in [0.3, 0.4) is 0 Å². The second kappa shape index (κ2) is 11.2. The van der Waals surface area contributed by atoms with Gasteiger partial charge < -0.3 is 19.9 Å². The molecule has 0 spiro atoms. The summed E-state index contributed by atoms with van der Waals surface area (Å²) < 4.78 is 42.3. The summed E-state index contributed by atoms with van der Waals surface area (Å²) in [5.41, 5.74) is 0.909. The number of hydrogen-bond acceptors (Lipinski definition) is 4. The number of benzene rings is 2. The minimum absolute atomic E-state index is 0.179. The van der Waals surface area contributed by atoms with Crippen LogP contribution in [0.25, 0.3) is 10.9 Å². The van der Waals surface area contributed by atoms with Gasteiger partial charge in [-0.15, -0.1) is 0 Å². The van der Waals surface area contributed by atoms with E-state index in [0.29, 0.717) is 55.2 Å². The average molecular weight is 523 g/mol. The molecule has 2 heterocycles. The van der Waals surface area contributed by atoms with Gasteiger partial charge in [-0.2, -0.15) is 13.2 Å². The van der Waals surface area contributed by atoms with Crippen molar-refractivity contribution in [1.29, 1.82) is 0 Å². The number of nitrogens with zero attached hydrogens (tertiary/aromatic N) is 2. The number of likely N-dealkylation sites (N-methyl/N-ethyl adjacent to an activating group) is 1. The minimum Gasteiger partial charge on any atom is -0.377 e. The summed E-state index contributed by atoms with van der Waals surface area (Å²) in [6.07, 6.45) is -2.59. The van der Waals surface area contributed by atoms with Crippen LogP contribution in [-0.4, -0.2) is 59.9 Å². The Bertz CT molecular complexity index is 1210. The Labute approximate surface area is 213 Å². The molecule has 1 fully saturated rings. The van der Waals surface area contributed by atoms with Crippen molar-refractivity contribution in [1.82, 2.24) is 20.1 Å². The van der Waals surface area contributed by atoms with Crippen LogP contribution in [0.5, 0.6) is 0 Å². The zero-order chi connectivity index (χ0) is 25.9. The zero-order valence-corrected chi connectivity index (χ0v) is 20.7. The lowest BCUT2D eigenvalue weighted by Gasteiger charge is -2.33. The first-order valence-corrected chi connectivity index (χ1v) is 12.4. The van der Waals surface area contributed by atoms with Crippen molar-refractivity contribution in [3.8, 4) is 0 Å². The van der Waals surface area contributed by atoms with Crippen LogP contribution < -0.4 is 10.6 Å². The lowest BCUT2D eigenvalue weighted by molar-refractivity contribution is -0.138. The molecule has 4 rings (SSSR count). The summed E-state index contributed by atoms with van der Waals surface area (Å²) in [7, 11) is 1.82. The summed E-state index contributed by atoms with van der Waals surface area (Å²) in [6.45, 7) is 2.23. The van der Waals surface area contributed by atoms with Crippen LogP contribution >= 0.6 is 11.6 Å². The van der Waals surface area contributed by atoms with Crippen LogP contribution in [0.2, 0.25) is 5.02 Å². The molecule has 3 aromatic rings. The molecule has 3 N–H and O–H groups in total. The summed E-state index contributed by atoms with van der Waals surface area (Å²) in [6, 6.07) is 11.0. The van der Waals surface area contributed by atoms with Gasteiger partial charge in [0.1, 0.15) is 6.23 Å². The summed E-state index contributed by atoms with van der Waals surface area (Å²) in [5.74, 6) is -0.438. The number of aromatic nitrogens is 1. The van der Waals surface area contributed by atoms with Crippen molar-refractivity contribution in [2.45, 2.75) is 37.7 Å². The van der Waals surface area contributed by atoms with Crippen molar-refractivity contribution in [3.63, 3.8) is 0 Å². The number of carbonyl (C=O) groups is 1. The highest BCUT2D eigenvalue weighted by Crippen LogP contribution is 2.39. The van der Waals surface area contributed by atoms with Gasteiger partial charge in [-0.05, 0) is 49.6 Å². The fourth-order valence-corrected chi connectivity index (χ4v) is 5.04. The summed E-state index contributed by atoms with van der Waals surface area (Å²) in [5, 5.41) is 17.7. The molecule has 1 unspecified atom stereocenters. The first-order chi connectivity index (χ1) is 17.2. The van der Waals surface area contributed by atoms with E-state index in [9.17, 15) is 23.1 Å².